The number of likely N-dealkylation sites (N-methyl/N-ethyl adjacent to an activating group) is 2. The van der Waals surface area contributed by atoms with Crippen LogP contribution in [0.3, 0.4) is 0 Å². The Morgan fingerprint density at radius 2 is 2.00 bits per heavy atom. The van der Waals surface area contributed by atoms with Gasteiger partial charge in [-0.15, -0.1) is 0 Å². The van der Waals surface area contributed by atoms with E-state index in [2.05, 4.69) is 35.8 Å². The highest BCUT2D eigenvalue weighted by Crippen LogP contribution is 2.24. The fraction of sp³-hybridized carbons (Fsp3) is 0.714. The minimum Gasteiger partial charge on any atom is -0.304 e. The number of hydrogen-bond acceptors (Lipinski definition) is 4. The summed E-state index contributed by atoms with van der Waals surface area (Å²) >= 11 is 6.30. The van der Waals surface area contributed by atoms with Crippen molar-refractivity contribution in [2.24, 2.45) is 0 Å². The Bertz CT molecular complexity index is 426. The van der Waals surface area contributed by atoms with Crippen molar-refractivity contribution in [3.63, 3.8) is 0 Å². The smallest absolute Gasteiger partial charge is 0.148 e. The largest absolute Gasteiger partial charge is 0.304 e. The van der Waals surface area contributed by atoms with Crippen molar-refractivity contribution in [2.75, 3.05) is 33.7 Å². The first-order chi connectivity index (χ1) is 9.02. The second-order valence-electron chi connectivity index (χ2n) is 5.40. The zero-order valence-electron chi connectivity index (χ0n) is 12.3. The topological polar surface area (TPSA) is 32.3 Å². The van der Waals surface area contributed by atoms with Crippen LogP contribution in [-0.4, -0.2) is 53.5 Å². The molecule has 0 aromatic carbocycles. The summed E-state index contributed by atoms with van der Waals surface area (Å²) in [5.41, 5.74) is 2.08. The van der Waals surface area contributed by atoms with E-state index < -0.39 is 0 Å². The maximum Gasteiger partial charge on any atom is 0.148 e. The highest BCUT2D eigenvalue weighted by atomic mass is 35.5. The van der Waals surface area contributed by atoms with Crippen molar-refractivity contribution < 1.29 is 0 Å². The van der Waals surface area contributed by atoms with Crippen LogP contribution < -0.4 is 0 Å². The molecular formula is C14H23ClN4. The van der Waals surface area contributed by atoms with Crippen LogP contribution in [0.5, 0.6) is 0 Å². The summed E-state index contributed by atoms with van der Waals surface area (Å²) in [6.07, 6.45) is 2.06. The lowest BCUT2D eigenvalue weighted by Gasteiger charge is -2.26. The number of aryl methyl sites for hydroxylation is 1. The van der Waals surface area contributed by atoms with Gasteiger partial charge in [-0.1, -0.05) is 18.5 Å². The average Bonchev–Trinajstić information content (AvgIpc) is 2.51. The van der Waals surface area contributed by atoms with Gasteiger partial charge in [-0.3, -0.25) is 4.90 Å². The van der Waals surface area contributed by atoms with Crippen molar-refractivity contribution in [1.82, 2.24) is 19.8 Å². The fourth-order valence-corrected chi connectivity index (χ4v) is 3.04. The molecule has 0 aliphatic carbocycles. The van der Waals surface area contributed by atoms with Crippen LogP contribution in [0.1, 0.15) is 36.5 Å². The van der Waals surface area contributed by atoms with Gasteiger partial charge in [-0.2, -0.15) is 0 Å². The molecule has 1 aliphatic heterocycles. The molecule has 1 saturated heterocycles. The molecule has 1 aromatic heterocycles. The van der Waals surface area contributed by atoms with E-state index in [4.69, 9.17) is 16.6 Å². The summed E-state index contributed by atoms with van der Waals surface area (Å²) in [7, 11) is 4.30. The van der Waals surface area contributed by atoms with Crippen LogP contribution in [-0.2, 0) is 6.42 Å². The third kappa shape index (κ3) is 3.25. The van der Waals surface area contributed by atoms with Gasteiger partial charge >= 0.3 is 0 Å². The standard InChI is InChI=1S/C14H23ClN4/c1-5-11-10(2)16-14(17-13(11)15)12-9-18(3)7-6-8-19(12)4/h12H,5-9H2,1-4H3. The minimum absolute atomic E-state index is 0.231. The van der Waals surface area contributed by atoms with E-state index in [1.54, 1.807) is 0 Å². The highest BCUT2D eigenvalue weighted by molar-refractivity contribution is 6.30. The SMILES string of the molecule is CCc1c(C)nc(C2CN(C)CCCN2C)nc1Cl. The van der Waals surface area contributed by atoms with Crippen molar-refractivity contribution in [3.8, 4) is 0 Å². The van der Waals surface area contributed by atoms with Crippen LogP contribution in [0.2, 0.25) is 5.15 Å². The molecule has 0 N–H and O–H groups in total. The van der Waals surface area contributed by atoms with E-state index in [9.17, 15) is 0 Å². The predicted octanol–water partition coefficient (Wildman–Crippen LogP) is 2.31. The van der Waals surface area contributed by atoms with Gasteiger partial charge in [0.05, 0.1) is 6.04 Å². The maximum atomic E-state index is 6.30. The molecule has 2 rings (SSSR count). The molecule has 2 heterocycles. The first kappa shape index (κ1) is 14.7. The van der Waals surface area contributed by atoms with Crippen LogP contribution in [0.4, 0.5) is 0 Å². The van der Waals surface area contributed by atoms with Crippen LogP contribution in [0, 0.1) is 6.92 Å². The van der Waals surface area contributed by atoms with Gasteiger partial charge < -0.3 is 4.90 Å². The number of rotatable bonds is 2. The third-order valence-electron chi connectivity index (χ3n) is 3.90. The van der Waals surface area contributed by atoms with Gasteiger partial charge in [-0.05, 0) is 47.0 Å². The van der Waals surface area contributed by atoms with Gasteiger partial charge in [0.1, 0.15) is 11.0 Å². The van der Waals surface area contributed by atoms with E-state index in [0.29, 0.717) is 5.15 Å². The molecule has 1 atom stereocenters. The zero-order chi connectivity index (χ0) is 14.0. The second-order valence-corrected chi connectivity index (χ2v) is 5.76. The normalized spacial score (nSPS) is 22.5. The number of aromatic nitrogens is 2. The Kier molecular flexibility index (Phi) is 4.76. The summed E-state index contributed by atoms with van der Waals surface area (Å²) < 4.78 is 0. The lowest BCUT2D eigenvalue weighted by Crippen LogP contribution is -2.32. The lowest BCUT2D eigenvalue weighted by atomic mass is 10.1. The van der Waals surface area contributed by atoms with Crippen molar-refractivity contribution in [2.45, 2.75) is 32.7 Å². The predicted molar refractivity (Wildman–Crippen MR) is 78.6 cm³/mol. The van der Waals surface area contributed by atoms with E-state index >= 15 is 0 Å². The lowest BCUT2D eigenvalue weighted by molar-refractivity contribution is 0.219. The van der Waals surface area contributed by atoms with Gasteiger partial charge in [0.15, 0.2) is 0 Å². The van der Waals surface area contributed by atoms with Gasteiger partial charge in [0.25, 0.3) is 0 Å². The Morgan fingerprint density at radius 3 is 2.63 bits per heavy atom. The molecule has 106 valence electrons. The van der Waals surface area contributed by atoms with Gasteiger partial charge in [0, 0.05) is 17.8 Å². The molecule has 19 heavy (non-hydrogen) atoms. The minimum atomic E-state index is 0.231. The highest BCUT2D eigenvalue weighted by Gasteiger charge is 2.25. The summed E-state index contributed by atoms with van der Waals surface area (Å²) in [6.45, 7) is 7.27. The van der Waals surface area contributed by atoms with Gasteiger partial charge in [-0.25, -0.2) is 9.97 Å². The number of nitrogens with zero attached hydrogens (tertiary/aromatic N) is 4. The molecule has 1 fully saturated rings. The summed E-state index contributed by atoms with van der Waals surface area (Å²) in [6, 6.07) is 0.231. The maximum absolute atomic E-state index is 6.30. The van der Waals surface area contributed by atoms with E-state index in [1.165, 1.54) is 6.42 Å². The molecular weight excluding hydrogens is 260 g/mol. The molecule has 0 radical (unpaired) electrons. The second kappa shape index (κ2) is 6.16. The van der Waals surface area contributed by atoms with E-state index in [1.807, 2.05) is 6.92 Å². The first-order valence-electron chi connectivity index (χ1n) is 6.94. The van der Waals surface area contributed by atoms with E-state index in [0.717, 1.165) is 43.1 Å². The van der Waals surface area contributed by atoms with Crippen LogP contribution in [0.25, 0.3) is 0 Å². The van der Waals surface area contributed by atoms with E-state index in [-0.39, 0.29) is 6.04 Å². The number of hydrogen-bond donors (Lipinski definition) is 0. The van der Waals surface area contributed by atoms with Crippen LogP contribution >= 0.6 is 11.6 Å². The Labute approximate surface area is 120 Å². The Hall–Kier alpha value is -0.710. The van der Waals surface area contributed by atoms with Crippen molar-refractivity contribution in [3.05, 3.63) is 22.2 Å². The third-order valence-corrected chi connectivity index (χ3v) is 4.21. The molecule has 1 unspecified atom stereocenters. The molecule has 1 aromatic rings. The average molecular weight is 283 g/mol. The Morgan fingerprint density at radius 1 is 1.26 bits per heavy atom. The summed E-state index contributed by atoms with van der Waals surface area (Å²) in [5, 5.41) is 0.616. The van der Waals surface area contributed by atoms with Crippen molar-refractivity contribution in [1.29, 1.82) is 0 Å². The van der Waals surface area contributed by atoms with Gasteiger partial charge in [0.2, 0.25) is 0 Å². The molecule has 1 aliphatic rings. The summed E-state index contributed by atoms with van der Waals surface area (Å²) in [4.78, 5) is 13.9. The zero-order valence-corrected chi connectivity index (χ0v) is 13.0. The first-order valence-corrected chi connectivity index (χ1v) is 7.32. The molecule has 4 nitrogen and oxygen atoms in total. The number of halogens is 1. The molecule has 0 spiro atoms. The molecule has 0 bridgehead atoms. The molecule has 0 amide bonds. The van der Waals surface area contributed by atoms with Crippen LogP contribution in [0.15, 0.2) is 0 Å². The monoisotopic (exact) mass is 282 g/mol. The van der Waals surface area contributed by atoms with Crippen molar-refractivity contribution >= 4 is 11.6 Å². The fourth-order valence-electron chi connectivity index (χ4n) is 2.68. The molecule has 5 heteroatoms. The summed E-state index contributed by atoms with van der Waals surface area (Å²) in [5.74, 6) is 0.857. The quantitative estimate of drug-likeness (QED) is 0.779. The molecule has 0 saturated carbocycles. The Balaban J connectivity index is 2.34.